The topological polar surface area (TPSA) is 26.3 Å². The van der Waals surface area contributed by atoms with E-state index in [1.165, 1.54) is 18.2 Å². The molecule has 0 heterocycles. The van der Waals surface area contributed by atoms with Crippen LogP contribution in [0.3, 0.4) is 0 Å². The third kappa shape index (κ3) is 3.19. The Morgan fingerprint density at radius 2 is 2.00 bits per heavy atom. The SMILES string of the molecule is COc1cccc(CC(=O)c2ccc(F)cc2C)c1. The molecule has 0 fully saturated rings. The van der Waals surface area contributed by atoms with Crippen LogP contribution in [0.25, 0.3) is 0 Å². The molecule has 0 atom stereocenters. The Morgan fingerprint density at radius 3 is 2.68 bits per heavy atom. The van der Waals surface area contributed by atoms with Crippen molar-refractivity contribution in [1.82, 2.24) is 0 Å². The summed E-state index contributed by atoms with van der Waals surface area (Å²) in [6.45, 7) is 1.74. The number of ketones is 1. The lowest BCUT2D eigenvalue weighted by Gasteiger charge is -2.06. The highest BCUT2D eigenvalue weighted by atomic mass is 19.1. The summed E-state index contributed by atoms with van der Waals surface area (Å²) in [7, 11) is 1.59. The van der Waals surface area contributed by atoms with Gasteiger partial charge in [0, 0.05) is 12.0 Å². The quantitative estimate of drug-likeness (QED) is 0.784. The Labute approximate surface area is 111 Å². The van der Waals surface area contributed by atoms with E-state index in [-0.39, 0.29) is 18.0 Å². The zero-order valence-corrected chi connectivity index (χ0v) is 10.9. The van der Waals surface area contributed by atoms with Crippen LogP contribution in [0.4, 0.5) is 4.39 Å². The number of hydrogen-bond acceptors (Lipinski definition) is 2. The first-order valence-corrected chi connectivity index (χ1v) is 6.02. The van der Waals surface area contributed by atoms with Crippen molar-refractivity contribution in [2.24, 2.45) is 0 Å². The van der Waals surface area contributed by atoms with Crippen LogP contribution in [0.5, 0.6) is 5.75 Å². The first-order chi connectivity index (χ1) is 9.10. The summed E-state index contributed by atoms with van der Waals surface area (Å²) in [6, 6.07) is 11.6. The van der Waals surface area contributed by atoms with Crippen molar-refractivity contribution >= 4 is 5.78 Å². The van der Waals surface area contributed by atoms with Crippen LogP contribution < -0.4 is 4.74 Å². The van der Waals surface area contributed by atoms with Crippen molar-refractivity contribution in [3.05, 3.63) is 65.0 Å². The van der Waals surface area contributed by atoms with E-state index < -0.39 is 0 Å². The Kier molecular flexibility index (Phi) is 3.95. The number of ether oxygens (including phenoxy) is 1. The van der Waals surface area contributed by atoms with Crippen LogP contribution in [-0.4, -0.2) is 12.9 Å². The van der Waals surface area contributed by atoms with Crippen LogP contribution in [0, 0.1) is 12.7 Å². The minimum Gasteiger partial charge on any atom is -0.497 e. The van der Waals surface area contributed by atoms with Gasteiger partial charge < -0.3 is 4.74 Å². The van der Waals surface area contributed by atoms with Crippen LogP contribution in [0.1, 0.15) is 21.5 Å². The smallest absolute Gasteiger partial charge is 0.167 e. The Hall–Kier alpha value is -2.16. The van der Waals surface area contributed by atoms with Crippen molar-refractivity contribution in [3.63, 3.8) is 0 Å². The van der Waals surface area contributed by atoms with Crippen molar-refractivity contribution in [2.45, 2.75) is 13.3 Å². The van der Waals surface area contributed by atoms with Crippen LogP contribution in [0.15, 0.2) is 42.5 Å². The zero-order valence-electron chi connectivity index (χ0n) is 10.9. The van der Waals surface area contributed by atoms with Crippen LogP contribution >= 0.6 is 0 Å². The van der Waals surface area contributed by atoms with Crippen molar-refractivity contribution in [1.29, 1.82) is 0 Å². The highest BCUT2D eigenvalue weighted by Gasteiger charge is 2.11. The van der Waals surface area contributed by atoms with Gasteiger partial charge in [0.05, 0.1) is 7.11 Å². The fourth-order valence-corrected chi connectivity index (χ4v) is 2.00. The molecule has 0 aliphatic rings. The molecule has 0 saturated carbocycles. The monoisotopic (exact) mass is 258 g/mol. The number of benzene rings is 2. The molecule has 0 bridgehead atoms. The summed E-state index contributed by atoms with van der Waals surface area (Å²) in [5.41, 5.74) is 2.10. The van der Waals surface area contributed by atoms with Gasteiger partial charge >= 0.3 is 0 Å². The van der Waals surface area contributed by atoms with Gasteiger partial charge in [0.2, 0.25) is 0 Å². The minimum absolute atomic E-state index is 0.0225. The molecule has 98 valence electrons. The third-order valence-corrected chi connectivity index (χ3v) is 2.99. The average Bonchev–Trinajstić information content (AvgIpc) is 2.38. The predicted octanol–water partition coefficient (Wildman–Crippen LogP) is 3.57. The lowest BCUT2D eigenvalue weighted by Crippen LogP contribution is -2.06. The molecular weight excluding hydrogens is 243 g/mol. The van der Waals surface area contributed by atoms with E-state index in [2.05, 4.69) is 0 Å². The molecule has 2 aromatic carbocycles. The van der Waals surface area contributed by atoms with E-state index in [0.29, 0.717) is 11.1 Å². The second-order valence-electron chi connectivity index (χ2n) is 4.41. The normalized spacial score (nSPS) is 10.3. The number of hydrogen-bond donors (Lipinski definition) is 0. The molecule has 2 aromatic rings. The Balaban J connectivity index is 2.20. The molecule has 0 unspecified atom stereocenters. The molecule has 0 amide bonds. The van der Waals surface area contributed by atoms with E-state index in [1.54, 1.807) is 14.0 Å². The van der Waals surface area contributed by atoms with Gasteiger partial charge in [-0.05, 0) is 48.4 Å². The van der Waals surface area contributed by atoms with E-state index in [0.717, 1.165) is 11.3 Å². The van der Waals surface area contributed by atoms with Gasteiger partial charge in [-0.2, -0.15) is 0 Å². The lowest BCUT2D eigenvalue weighted by atomic mass is 9.99. The van der Waals surface area contributed by atoms with E-state index in [1.807, 2.05) is 24.3 Å². The van der Waals surface area contributed by atoms with Gasteiger partial charge in [-0.3, -0.25) is 4.79 Å². The molecule has 0 aliphatic carbocycles. The van der Waals surface area contributed by atoms with Gasteiger partial charge in [0.1, 0.15) is 11.6 Å². The maximum atomic E-state index is 13.0. The largest absolute Gasteiger partial charge is 0.497 e. The number of aryl methyl sites for hydroxylation is 1. The summed E-state index contributed by atoms with van der Waals surface area (Å²) < 4.78 is 18.1. The molecule has 3 heteroatoms. The molecular formula is C16H15FO2. The summed E-state index contributed by atoms with van der Waals surface area (Å²) in [6.07, 6.45) is 0.281. The van der Waals surface area contributed by atoms with Gasteiger partial charge in [-0.15, -0.1) is 0 Å². The number of halogens is 1. The Morgan fingerprint density at radius 1 is 1.21 bits per heavy atom. The maximum Gasteiger partial charge on any atom is 0.167 e. The summed E-state index contributed by atoms with van der Waals surface area (Å²) in [5.74, 6) is 0.377. The summed E-state index contributed by atoms with van der Waals surface area (Å²) in [4.78, 5) is 12.2. The second kappa shape index (κ2) is 5.65. The molecule has 2 nitrogen and oxygen atoms in total. The standard InChI is InChI=1S/C16H15FO2/c1-11-8-13(17)6-7-15(11)16(18)10-12-4-3-5-14(9-12)19-2/h3-9H,10H2,1-2H3. The highest BCUT2D eigenvalue weighted by Crippen LogP contribution is 2.17. The van der Waals surface area contributed by atoms with E-state index >= 15 is 0 Å². The molecule has 0 aromatic heterocycles. The zero-order chi connectivity index (χ0) is 13.8. The number of carbonyl (C=O) groups excluding carboxylic acids is 1. The molecule has 2 rings (SSSR count). The summed E-state index contributed by atoms with van der Waals surface area (Å²) in [5, 5.41) is 0. The number of Topliss-reactive ketones (excluding diaryl/α,β-unsaturated/α-hetero) is 1. The average molecular weight is 258 g/mol. The highest BCUT2D eigenvalue weighted by molar-refractivity contribution is 5.98. The minimum atomic E-state index is -0.324. The third-order valence-electron chi connectivity index (χ3n) is 2.99. The fourth-order valence-electron chi connectivity index (χ4n) is 2.00. The van der Waals surface area contributed by atoms with Crippen molar-refractivity contribution < 1.29 is 13.9 Å². The van der Waals surface area contributed by atoms with Gasteiger partial charge in [0.25, 0.3) is 0 Å². The van der Waals surface area contributed by atoms with E-state index in [9.17, 15) is 9.18 Å². The van der Waals surface area contributed by atoms with Crippen LogP contribution in [0.2, 0.25) is 0 Å². The number of carbonyl (C=O) groups is 1. The maximum absolute atomic E-state index is 13.0. The molecule has 0 radical (unpaired) electrons. The van der Waals surface area contributed by atoms with Crippen molar-refractivity contribution in [2.75, 3.05) is 7.11 Å². The molecule has 0 saturated heterocycles. The molecule has 19 heavy (non-hydrogen) atoms. The van der Waals surface area contributed by atoms with E-state index in [4.69, 9.17) is 4.74 Å². The first kappa shape index (κ1) is 13.3. The van der Waals surface area contributed by atoms with Gasteiger partial charge in [-0.1, -0.05) is 12.1 Å². The Bertz CT molecular complexity index is 605. The molecule has 0 aliphatic heterocycles. The first-order valence-electron chi connectivity index (χ1n) is 6.02. The van der Waals surface area contributed by atoms with Crippen LogP contribution in [-0.2, 0) is 6.42 Å². The number of methoxy groups -OCH3 is 1. The fraction of sp³-hybridized carbons (Fsp3) is 0.188. The molecule has 0 N–H and O–H groups in total. The lowest BCUT2D eigenvalue weighted by molar-refractivity contribution is 0.0992. The van der Waals surface area contributed by atoms with Gasteiger partial charge in [-0.25, -0.2) is 4.39 Å². The second-order valence-corrected chi connectivity index (χ2v) is 4.41. The predicted molar refractivity (Wildman–Crippen MR) is 72.2 cm³/mol. The molecule has 0 spiro atoms. The number of rotatable bonds is 4. The summed E-state index contributed by atoms with van der Waals surface area (Å²) >= 11 is 0. The van der Waals surface area contributed by atoms with Crippen molar-refractivity contribution in [3.8, 4) is 5.75 Å². The van der Waals surface area contributed by atoms with Gasteiger partial charge in [0.15, 0.2) is 5.78 Å².